The van der Waals surface area contributed by atoms with Crippen LogP contribution in [0.15, 0.2) is 48.5 Å². The van der Waals surface area contributed by atoms with Crippen LogP contribution in [0.3, 0.4) is 0 Å². The Morgan fingerprint density at radius 2 is 1.75 bits per heavy atom. The molecule has 1 saturated carbocycles. The lowest BCUT2D eigenvalue weighted by atomic mass is 9.89. The summed E-state index contributed by atoms with van der Waals surface area (Å²) in [6, 6.07) is 13.8. The summed E-state index contributed by atoms with van der Waals surface area (Å²) >= 11 is 0. The van der Waals surface area contributed by atoms with Gasteiger partial charge in [-0.2, -0.15) is 0 Å². The molecule has 6 nitrogen and oxygen atoms in total. The van der Waals surface area contributed by atoms with Gasteiger partial charge in [-0.05, 0) is 42.7 Å². The highest BCUT2D eigenvalue weighted by atomic mass is 19.1. The highest BCUT2D eigenvalue weighted by Crippen LogP contribution is 2.23. The molecule has 1 aromatic heterocycles. The SMILES string of the molecule is O=C(Cn1c(CCNC(=O)C2CCCCC2)nc2ccccc21)NCc1ccc(F)cc1. The number of halogens is 1. The zero-order chi connectivity index (χ0) is 22.3. The number of carbonyl (C=O) groups excluding carboxylic acids is 2. The summed E-state index contributed by atoms with van der Waals surface area (Å²) in [5.74, 6) is 0.575. The van der Waals surface area contributed by atoms with Crippen molar-refractivity contribution in [1.29, 1.82) is 0 Å². The molecule has 0 unspecified atom stereocenters. The zero-order valence-electron chi connectivity index (χ0n) is 18.1. The maximum absolute atomic E-state index is 13.1. The Kier molecular flexibility index (Phi) is 7.14. The molecule has 4 rings (SSSR count). The second kappa shape index (κ2) is 10.4. The Balaban J connectivity index is 1.38. The van der Waals surface area contributed by atoms with E-state index in [1.807, 2.05) is 28.8 Å². The fourth-order valence-electron chi connectivity index (χ4n) is 4.30. The van der Waals surface area contributed by atoms with Gasteiger partial charge in [0.15, 0.2) is 0 Å². The van der Waals surface area contributed by atoms with Crippen LogP contribution in [0.25, 0.3) is 11.0 Å². The van der Waals surface area contributed by atoms with Gasteiger partial charge >= 0.3 is 0 Å². The summed E-state index contributed by atoms with van der Waals surface area (Å²) in [6.07, 6.45) is 5.97. The number of fused-ring (bicyclic) bond motifs is 1. The second-order valence-electron chi connectivity index (χ2n) is 8.38. The lowest BCUT2D eigenvalue weighted by molar-refractivity contribution is -0.126. The first-order valence-electron chi connectivity index (χ1n) is 11.3. The van der Waals surface area contributed by atoms with Gasteiger partial charge in [-0.1, -0.05) is 43.5 Å². The quantitative estimate of drug-likeness (QED) is 0.565. The molecule has 32 heavy (non-hydrogen) atoms. The van der Waals surface area contributed by atoms with Crippen molar-refractivity contribution in [3.63, 3.8) is 0 Å². The minimum atomic E-state index is -0.301. The summed E-state index contributed by atoms with van der Waals surface area (Å²) < 4.78 is 15.0. The minimum absolute atomic E-state index is 0.125. The van der Waals surface area contributed by atoms with E-state index in [-0.39, 0.29) is 30.1 Å². The molecule has 2 amide bonds. The fourth-order valence-corrected chi connectivity index (χ4v) is 4.30. The Labute approximate surface area is 187 Å². The van der Waals surface area contributed by atoms with E-state index in [0.29, 0.717) is 19.5 Å². The smallest absolute Gasteiger partial charge is 0.240 e. The molecule has 0 atom stereocenters. The lowest BCUT2D eigenvalue weighted by Crippen LogP contribution is -2.34. The van der Waals surface area contributed by atoms with Crippen LogP contribution in [0, 0.1) is 11.7 Å². The zero-order valence-corrected chi connectivity index (χ0v) is 18.1. The minimum Gasteiger partial charge on any atom is -0.355 e. The van der Waals surface area contributed by atoms with Crippen LogP contribution >= 0.6 is 0 Å². The van der Waals surface area contributed by atoms with Crippen LogP contribution in [0.5, 0.6) is 0 Å². The third kappa shape index (κ3) is 5.52. The van der Waals surface area contributed by atoms with E-state index in [2.05, 4.69) is 10.6 Å². The molecule has 0 spiro atoms. The van der Waals surface area contributed by atoms with Crippen molar-refractivity contribution in [1.82, 2.24) is 20.2 Å². The van der Waals surface area contributed by atoms with Crippen LogP contribution in [-0.4, -0.2) is 27.9 Å². The second-order valence-corrected chi connectivity index (χ2v) is 8.38. The van der Waals surface area contributed by atoms with Crippen molar-refractivity contribution in [2.45, 2.75) is 51.6 Å². The lowest BCUT2D eigenvalue weighted by Gasteiger charge is -2.20. The molecule has 2 aromatic carbocycles. The summed E-state index contributed by atoms with van der Waals surface area (Å²) in [5, 5.41) is 5.94. The Morgan fingerprint density at radius 3 is 2.53 bits per heavy atom. The van der Waals surface area contributed by atoms with Crippen LogP contribution in [0.1, 0.15) is 43.5 Å². The van der Waals surface area contributed by atoms with Crippen molar-refractivity contribution in [2.24, 2.45) is 5.92 Å². The van der Waals surface area contributed by atoms with E-state index in [0.717, 1.165) is 48.1 Å². The average molecular weight is 437 g/mol. The average Bonchev–Trinajstić information content (AvgIpc) is 3.16. The fraction of sp³-hybridized carbons (Fsp3) is 0.400. The normalized spacial score (nSPS) is 14.4. The summed E-state index contributed by atoms with van der Waals surface area (Å²) in [6.45, 7) is 0.960. The van der Waals surface area contributed by atoms with Crippen molar-refractivity contribution >= 4 is 22.8 Å². The highest BCUT2D eigenvalue weighted by Gasteiger charge is 2.21. The van der Waals surface area contributed by atoms with Crippen LogP contribution < -0.4 is 10.6 Å². The van der Waals surface area contributed by atoms with Gasteiger partial charge in [-0.3, -0.25) is 9.59 Å². The molecule has 0 radical (unpaired) electrons. The molecule has 1 aliphatic rings. The number of carbonyl (C=O) groups is 2. The van der Waals surface area contributed by atoms with E-state index < -0.39 is 0 Å². The number of para-hydroxylation sites is 2. The molecular weight excluding hydrogens is 407 g/mol. The van der Waals surface area contributed by atoms with E-state index in [1.54, 1.807) is 12.1 Å². The van der Waals surface area contributed by atoms with Crippen molar-refractivity contribution < 1.29 is 14.0 Å². The van der Waals surface area contributed by atoms with E-state index in [9.17, 15) is 14.0 Å². The number of hydrogen-bond donors (Lipinski definition) is 2. The van der Waals surface area contributed by atoms with Crippen molar-refractivity contribution in [3.05, 3.63) is 65.7 Å². The number of hydrogen-bond acceptors (Lipinski definition) is 3. The molecule has 0 saturated heterocycles. The maximum Gasteiger partial charge on any atom is 0.240 e. The summed E-state index contributed by atoms with van der Waals surface area (Å²) in [7, 11) is 0. The van der Waals surface area contributed by atoms with Crippen LogP contribution in [0.2, 0.25) is 0 Å². The van der Waals surface area contributed by atoms with E-state index >= 15 is 0 Å². The van der Waals surface area contributed by atoms with E-state index in [1.165, 1.54) is 18.6 Å². The number of amides is 2. The Morgan fingerprint density at radius 1 is 1.00 bits per heavy atom. The number of rotatable bonds is 8. The molecule has 1 heterocycles. The van der Waals surface area contributed by atoms with Gasteiger partial charge in [0, 0.05) is 25.4 Å². The molecule has 7 heteroatoms. The van der Waals surface area contributed by atoms with Gasteiger partial charge < -0.3 is 15.2 Å². The van der Waals surface area contributed by atoms with Gasteiger partial charge in [-0.15, -0.1) is 0 Å². The number of benzene rings is 2. The van der Waals surface area contributed by atoms with E-state index in [4.69, 9.17) is 4.98 Å². The number of imidazole rings is 1. The highest BCUT2D eigenvalue weighted by molar-refractivity contribution is 5.81. The first-order valence-corrected chi connectivity index (χ1v) is 11.3. The van der Waals surface area contributed by atoms with Crippen LogP contribution in [0.4, 0.5) is 4.39 Å². The molecule has 2 N–H and O–H groups in total. The first-order chi connectivity index (χ1) is 15.6. The molecule has 168 valence electrons. The van der Waals surface area contributed by atoms with Gasteiger partial charge in [-0.25, -0.2) is 9.37 Å². The predicted molar refractivity (Wildman–Crippen MR) is 121 cm³/mol. The Hall–Kier alpha value is -3.22. The maximum atomic E-state index is 13.1. The van der Waals surface area contributed by atoms with Crippen LogP contribution in [-0.2, 0) is 29.1 Å². The molecule has 3 aromatic rings. The van der Waals surface area contributed by atoms with Gasteiger partial charge in [0.05, 0.1) is 11.0 Å². The standard InChI is InChI=1S/C25H29FN4O2/c26-20-12-10-18(11-13-20)16-28-24(31)17-30-22-9-5-4-8-21(22)29-23(30)14-15-27-25(32)19-6-2-1-3-7-19/h4-5,8-13,19H,1-3,6-7,14-17H2,(H,27,32)(H,28,31). The summed E-state index contributed by atoms with van der Waals surface area (Å²) in [5.41, 5.74) is 2.55. The molecule has 1 fully saturated rings. The molecule has 0 aliphatic heterocycles. The third-order valence-corrected chi connectivity index (χ3v) is 6.06. The summed E-state index contributed by atoms with van der Waals surface area (Å²) in [4.78, 5) is 29.8. The molecular formula is C25H29FN4O2. The van der Waals surface area contributed by atoms with Crippen molar-refractivity contribution in [2.75, 3.05) is 6.54 Å². The number of nitrogens with one attached hydrogen (secondary N) is 2. The van der Waals surface area contributed by atoms with Gasteiger partial charge in [0.2, 0.25) is 11.8 Å². The monoisotopic (exact) mass is 436 g/mol. The topological polar surface area (TPSA) is 76.0 Å². The number of aromatic nitrogens is 2. The van der Waals surface area contributed by atoms with Crippen molar-refractivity contribution in [3.8, 4) is 0 Å². The number of nitrogens with zero attached hydrogens (tertiary/aromatic N) is 2. The van der Waals surface area contributed by atoms with Gasteiger partial charge in [0.1, 0.15) is 18.2 Å². The third-order valence-electron chi connectivity index (χ3n) is 6.06. The Bertz CT molecular complexity index is 1070. The predicted octanol–water partition coefficient (Wildman–Crippen LogP) is 3.73. The largest absolute Gasteiger partial charge is 0.355 e. The van der Waals surface area contributed by atoms with Gasteiger partial charge in [0.25, 0.3) is 0 Å². The molecule has 0 bridgehead atoms. The molecule has 1 aliphatic carbocycles. The first kappa shape index (κ1) is 22.0.